The fraction of sp³-hybridized carbons (Fsp3) is 0.364. The highest BCUT2D eigenvalue weighted by atomic mass is 32.2. The van der Waals surface area contributed by atoms with Gasteiger partial charge in [-0.05, 0) is 49.9 Å². The van der Waals surface area contributed by atoms with Crippen molar-refractivity contribution in [3.8, 4) is 0 Å². The number of fused-ring (bicyclic) bond motifs is 1. The molecule has 0 aromatic heterocycles. The lowest BCUT2D eigenvalue weighted by molar-refractivity contribution is -0.151. The molecule has 0 N–H and O–H groups in total. The predicted molar refractivity (Wildman–Crippen MR) is 112 cm³/mol. The lowest BCUT2D eigenvalue weighted by Gasteiger charge is -2.23. The van der Waals surface area contributed by atoms with E-state index in [1.807, 2.05) is 31.2 Å². The van der Waals surface area contributed by atoms with E-state index in [2.05, 4.69) is 0 Å². The summed E-state index contributed by atoms with van der Waals surface area (Å²) in [6.07, 6.45) is 1.71. The van der Waals surface area contributed by atoms with Gasteiger partial charge >= 0.3 is 5.97 Å². The van der Waals surface area contributed by atoms with Crippen LogP contribution < -0.4 is 4.90 Å². The predicted octanol–water partition coefficient (Wildman–Crippen LogP) is 2.28. The van der Waals surface area contributed by atoms with Crippen molar-refractivity contribution >= 4 is 27.6 Å². The summed E-state index contributed by atoms with van der Waals surface area (Å²) in [5, 5.41) is 0. The second-order valence-corrected chi connectivity index (χ2v) is 9.51. The van der Waals surface area contributed by atoms with Gasteiger partial charge < -0.3 is 9.64 Å². The molecule has 0 bridgehead atoms. The van der Waals surface area contributed by atoms with Gasteiger partial charge in [-0.3, -0.25) is 9.59 Å². The maximum atomic E-state index is 13.0. The van der Waals surface area contributed by atoms with Crippen LogP contribution in [0.3, 0.4) is 0 Å². The van der Waals surface area contributed by atoms with Crippen LogP contribution in [0.25, 0.3) is 0 Å². The number of aryl methyl sites for hydroxylation is 1. The first-order chi connectivity index (χ1) is 14.4. The SMILES string of the molecule is Cc1ccc(S(=O)(=O)N2CCC[C@H]2C(=O)OCC(=O)N2CCc3ccccc32)cc1. The Hall–Kier alpha value is -2.71. The molecule has 1 amide bonds. The third-order valence-electron chi connectivity index (χ3n) is 5.63. The highest BCUT2D eigenvalue weighted by Crippen LogP contribution is 2.29. The molecule has 1 atom stereocenters. The normalized spacial score (nSPS) is 19.0. The van der Waals surface area contributed by atoms with E-state index in [-0.39, 0.29) is 17.3 Å². The summed E-state index contributed by atoms with van der Waals surface area (Å²) < 4.78 is 32.4. The van der Waals surface area contributed by atoms with E-state index in [4.69, 9.17) is 4.74 Å². The summed E-state index contributed by atoms with van der Waals surface area (Å²) in [6, 6.07) is 13.3. The molecular weight excluding hydrogens is 404 g/mol. The van der Waals surface area contributed by atoms with E-state index < -0.39 is 28.6 Å². The van der Waals surface area contributed by atoms with E-state index in [0.29, 0.717) is 19.4 Å². The minimum Gasteiger partial charge on any atom is -0.454 e. The number of rotatable bonds is 5. The summed E-state index contributed by atoms with van der Waals surface area (Å²) >= 11 is 0. The number of carbonyl (C=O) groups excluding carboxylic acids is 2. The number of hydrogen-bond acceptors (Lipinski definition) is 5. The molecule has 0 unspecified atom stereocenters. The van der Waals surface area contributed by atoms with Crippen LogP contribution in [0.1, 0.15) is 24.0 Å². The molecule has 2 aliphatic rings. The van der Waals surface area contributed by atoms with E-state index in [1.165, 1.54) is 4.31 Å². The highest BCUT2D eigenvalue weighted by molar-refractivity contribution is 7.89. The molecule has 0 saturated carbocycles. The lowest BCUT2D eigenvalue weighted by Crippen LogP contribution is -2.42. The van der Waals surface area contributed by atoms with E-state index in [9.17, 15) is 18.0 Å². The van der Waals surface area contributed by atoms with Crippen molar-refractivity contribution in [1.29, 1.82) is 0 Å². The first-order valence-corrected chi connectivity index (χ1v) is 11.5. The smallest absolute Gasteiger partial charge is 0.324 e. The monoisotopic (exact) mass is 428 g/mol. The summed E-state index contributed by atoms with van der Waals surface area (Å²) in [7, 11) is -3.81. The Morgan fingerprint density at radius 3 is 2.57 bits per heavy atom. The maximum absolute atomic E-state index is 13.0. The Morgan fingerprint density at radius 1 is 1.07 bits per heavy atom. The van der Waals surface area contributed by atoms with Crippen LogP contribution >= 0.6 is 0 Å². The largest absolute Gasteiger partial charge is 0.454 e. The first-order valence-electron chi connectivity index (χ1n) is 10.0. The van der Waals surface area contributed by atoms with Gasteiger partial charge in [0.2, 0.25) is 10.0 Å². The highest BCUT2D eigenvalue weighted by Gasteiger charge is 2.40. The minimum atomic E-state index is -3.81. The zero-order valence-electron chi connectivity index (χ0n) is 16.8. The number of carbonyl (C=O) groups is 2. The Labute approximate surface area is 176 Å². The van der Waals surface area contributed by atoms with Gasteiger partial charge in [0.05, 0.1) is 4.90 Å². The van der Waals surface area contributed by atoms with E-state index in [1.54, 1.807) is 29.2 Å². The topological polar surface area (TPSA) is 84.0 Å². The Kier molecular flexibility index (Phi) is 5.62. The van der Waals surface area contributed by atoms with Gasteiger partial charge in [0.1, 0.15) is 6.04 Å². The zero-order chi connectivity index (χ0) is 21.3. The average molecular weight is 429 g/mol. The fourth-order valence-corrected chi connectivity index (χ4v) is 5.66. The third kappa shape index (κ3) is 3.85. The number of para-hydroxylation sites is 1. The second kappa shape index (κ2) is 8.20. The molecule has 0 radical (unpaired) electrons. The Morgan fingerprint density at radius 2 is 1.80 bits per heavy atom. The van der Waals surface area contributed by atoms with Crippen molar-refractivity contribution in [2.24, 2.45) is 0 Å². The van der Waals surface area contributed by atoms with Crippen molar-refractivity contribution in [2.45, 2.75) is 37.1 Å². The molecule has 1 fully saturated rings. The van der Waals surface area contributed by atoms with Gasteiger partial charge in [-0.1, -0.05) is 35.9 Å². The molecule has 2 aromatic rings. The van der Waals surface area contributed by atoms with E-state index in [0.717, 1.165) is 23.2 Å². The first kappa shape index (κ1) is 20.6. The van der Waals surface area contributed by atoms with Gasteiger partial charge in [0.25, 0.3) is 5.91 Å². The van der Waals surface area contributed by atoms with Crippen molar-refractivity contribution in [2.75, 3.05) is 24.6 Å². The van der Waals surface area contributed by atoms with Crippen LogP contribution in [0.4, 0.5) is 5.69 Å². The van der Waals surface area contributed by atoms with Crippen molar-refractivity contribution in [3.05, 3.63) is 59.7 Å². The lowest BCUT2D eigenvalue weighted by atomic mass is 10.2. The number of anilines is 1. The summed E-state index contributed by atoms with van der Waals surface area (Å²) in [5.74, 6) is -0.983. The molecule has 158 valence electrons. The number of nitrogens with zero attached hydrogens (tertiary/aromatic N) is 2. The Bertz CT molecular complexity index is 1070. The minimum absolute atomic E-state index is 0.151. The van der Waals surface area contributed by atoms with Crippen LogP contribution in [-0.4, -0.2) is 50.3 Å². The van der Waals surface area contributed by atoms with Crippen molar-refractivity contribution < 1.29 is 22.7 Å². The van der Waals surface area contributed by atoms with Crippen LogP contribution in [0, 0.1) is 6.92 Å². The van der Waals surface area contributed by atoms with Gasteiger partial charge in [0.15, 0.2) is 6.61 Å². The number of amides is 1. The van der Waals surface area contributed by atoms with Crippen molar-refractivity contribution in [3.63, 3.8) is 0 Å². The van der Waals surface area contributed by atoms with Crippen LogP contribution in [0.2, 0.25) is 0 Å². The number of ether oxygens (including phenoxy) is 1. The molecule has 2 aliphatic heterocycles. The summed E-state index contributed by atoms with van der Waals surface area (Å²) in [4.78, 5) is 27.0. The van der Waals surface area contributed by atoms with Gasteiger partial charge in [0, 0.05) is 18.8 Å². The molecule has 2 heterocycles. The number of sulfonamides is 1. The summed E-state index contributed by atoms with van der Waals surface area (Å²) in [6.45, 7) is 2.28. The third-order valence-corrected chi connectivity index (χ3v) is 7.55. The number of benzene rings is 2. The zero-order valence-corrected chi connectivity index (χ0v) is 17.6. The molecule has 30 heavy (non-hydrogen) atoms. The van der Waals surface area contributed by atoms with Gasteiger partial charge in [-0.2, -0.15) is 4.31 Å². The number of esters is 1. The molecule has 7 nitrogen and oxygen atoms in total. The summed E-state index contributed by atoms with van der Waals surface area (Å²) in [5.41, 5.74) is 2.87. The fourth-order valence-electron chi connectivity index (χ4n) is 4.01. The average Bonchev–Trinajstić information content (AvgIpc) is 3.40. The quantitative estimate of drug-likeness (QED) is 0.683. The number of hydrogen-bond donors (Lipinski definition) is 0. The van der Waals surface area contributed by atoms with Crippen LogP contribution in [0.15, 0.2) is 53.4 Å². The van der Waals surface area contributed by atoms with Crippen LogP contribution in [0.5, 0.6) is 0 Å². The maximum Gasteiger partial charge on any atom is 0.324 e. The van der Waals surface area contributed by atoms with E-state index >= 15 is 0 Å². The standard InChI is InChI=1S/C22H24N2O5S/c1-16-8-10-18(11-9-16)30(27,28)24-13-4-7-20(24)22(26)29-15-21(25)23-14-12-17-5-2-3-6-19(17)23/h2-3,5-6,8-11,20H,4,7,12-15H2,1H3/t20-/m0/s1. The molecule has 4 rings (SSSR count). The Balaban J connectivity index is 1.42. The van der Waals surface area contributed by atoms with Crippen LogP contribution in [-0.2, 0) is 30.8 Å². The second-order valence-electron chi connectivity index (χ2n) is 7.62. The van der Waals surface area contributed by atoms with Crippen molar-refractivity contribution in [1.82, 2.24) is 4.31 Å². The molecule has 0 aliphatic carbocycles. The molecule has 8 heteroatoms. The van der Waals surface area contributed by atoms with Gasteiger partial charge in [-0.25, -0.2) is 8.42 Å². The molecule has 2 aromatic carbocycles. The van der Waals surface area contributed by atoms with Gasteiger partial charge in [-0.15, -0.1) is 0 Å². The molecular formula is C22H24N2O5S. The molecule has 1 saturated heterocycles. The molecule has 0 spiro atoms.